The molecule has 1 aromatic rings. The molecular weight excluding hydrogens is 188 g/mol. The number of aryl methyl sites for hydroxylation is 2. The van der Waals surface area contributed by atoms with E-state index in [9.17, 15) is 0 Å². The average Bonchev–Trinajstić information content (AvgIpc) is 2.16. The summed E-state index contributed by atoms with van der Waals surface area (Å²) < 4.78 is 5.66. The fourth-order valence-electron chi connectivity index (χ4n) is 1.45. The SMILES string of the molecule is CCC(Oc1ccc(C)cc1C)C(=N)N. The van der Waals surface area contributed by atoms with Crippen molar-refractivity contribution in [1.29, 1.82) is 5.41 Å². The van der Waals surface area contributed by atoms with Crippen LogP contribution in [0.3, 0.4) is 0 Å². The predicted octanol–water partition coefficient (Wildman–Crippen LogP) is 2.40. The van der Waals surface area contributed by atoms with Gasteiger partial charge in [0.05, 0.1) is 0 Å². The number of nitrogens with one attached hydrogen (secondary N) is 1. The Hall–Kier alpha value is -1.51. The minimum Gasteiger partial charge on any atom is -0.482 e. The molecule has 1 atom stereocenters. The van der Waals surface area contributed by atoms with Crippen molar-refractivity contribution in [2.24, 2.45) is 5.73 Å². The molecule has 1 aromatic carbocycles. The molecule has 0 saturated heterocycles. The Morgan fingerprint density at radius 1 is 1.47 bits per heavy atom. The lowest BCUT2D eigenvalue weighted by Gasteiger charge is -2.17. The lowest BCUT2D eigenvalue weighted by molar-refractivity contribution is 0.258. The summed E-state index contributed by atoms with van der Waals surface area (Å²) in [7, 11) is 0. The Balaban J connectivity index is 2.84. The number of hydrogen-bond acceptors (Lipinski definition) is 2. The first kappa shape index (κ1) is 11.6. The van der Waals surface area contributed by atoms with E-state index < -0.39 is 0 Å². The molecule has 3 N–H and O–H groups in total. The Morgan fingerprint density at radius 3 is 2.60 bits per heavy atom. The van der Waals surface area contributed by atoms with Gasteiger partial charge in [-0.3, -0.25) is 5.41 Å². The van der Waals surface area contributed by atoms with Crippen LogP contribution in [0, 0.1) is 19.3 Å². The molecule has 3 nitrogen and oxygen atoms in total. The van der Waals surface area contributed by atoms with E-state index in [-0.39, 0.29) is 11.9 Å². The number of ether oxygens (including phenoxy) is 1. The molecule has 0 spiro atoms. The molecule has 1 unspecified atom stereocenters. The van der Waals surface area contributed by atoms with Crippen LogP contribution in [-0.4, -0.2) is 11.9 Å². The molecule has 0 aliphatic heterocycles. The van der Waals surface area contributed by atoms with E-state index in [1.807, 2.05) is 32.9 Å². The maximum atomic E-state index is 7.37. The standard InChI is InChI=1S/C12H18N2O/c1-4-10(12(13)14)15-11-6-5-8(2)7-9(11)3/h5-7,10H,4H2,1-3H3,(H3,13,14). The average molecular weight is 206 g/mol. The molecule has 3 heteroatoms. The first-order valence-electron chi connectivity index (χ1n) is 5.12. The molecule has 0 aromatic heterocycles. The summed E-state index contributed by atoms with van der Waals surface area (Å²) >= 11 is 0. The molecule has 0 aliphatic carbocycles. The third-order valence-electron chi connectivity index (χ3n) is 2.32. The second-order valence-corrected chi connectivity index (χ2v) is 3.74. The smallest absolute Gasteiger partial charge is 0.155 e. The summed E-state index contributed by atoms with van der Waals surface area (Å²) in [5.74, 6) is 0.889. The monoisotopic (exact) mass is 206 g/mol. The van der Waals surface area contributed by atoms with Gasteiger partial charge in [0.1, 0.15) is 11.6 Å². The first-order valence-corrected chi connectivity index (χ1v) is 5.12. The van der Waals surface area contributed by atoms with E-state index in [0.717, 1.165) is 11.3 Å². The zero-order valence-electron chi connectivity index (χ0n) is 9.50. The van der Waals surface area contributed by atoms with Crippen molar-refractivity contribution < 1.29 is 4.74 Å². The topological polar surface area (TPSA) is 59.1 Å². The fourth-order valence-corrected chi connectivity index (χ4v) is 1.45. The van der Waals surface area contributed by atoms with Crippen molar-refractivity contribution in [3.8, 4) is 5.75 Å². The highest BCUT2D eigenvalue weighted by Crippen LogP contribution is 2.20. The van der Waals surface area contributed by atoms with Gasteiger partial charge in [0.15, 0.2) is 6.10 Å². The molecule has 0 fully saturated rings. The quantitative estimate of drug-likeness (QED) is 0.587. The Kier molecular flexibility index (Phi) is 3.72. The van der Waals surface area contributed by atoms with Crippen molar-refractivity contribution in [3.63, 3.8) is 0 Å². The van der Waals surface area contributed by atoms with Gasteiger partial charge < -0.3 is 10.5 Å². The molecule has 0 aliphatic rings. The highest BCUT2D eigenvalue weighted by molar-refractivity contribution is 5.82. The number of nitrogens with two attached hydrogens (primary N) is 1. The highest BCUT2D eigenvalue weighted by atomic mass is 16.5. The Labute approximate surface area is 90.8 Å². The summed E-state index contributed by atoms with van der Waals surface area (Å²) in [5, 5.41) is 7.37. The molecule has 0 bridgehead atoms. The highest BCUT2D eigenvalue weighted by Gasteiger charge is 2.12. The molecule has 1 rings (SSSR count). The van der Waals surface area contributed by atoms with E-state index in [4.69, 9.17) is 15.9 Å². The summed E-state index contributed by atoms with van der Waals surface area (Å²) in [6.45, 7) is 5.99. The molecule has 0 saturated carbocycles. The zero-order valence-corrected chi connectivity index (χ0v) is 9.50. The van der Waals surface area contributed by atoms with Crippen molar-refractivity contribution in [3.05, 3.63) is 29.3 Å². The van der Waals surface area contributed by atoms with Gasteiger partial charge >= 0.3 is 0 Å². The van der Waals surface area contributed by atoms with Crippen LogP contribution in [-0.2, 0) is 0 Å². The van der Waals surface area contributed by atoms with Crippen molar-refractivity contribution in [1.82, 2.24) is 0 Å². The van der Waals surface area contributed by atoms with Crippen molar-refractivity contribution in [2.75, 3.05) is 0 Å². The van der Waals surface area contributed by atoms with Gasteiger partial charge in [-0.05, 0) is 31.9 Å². The van der Waals surface area contributed by atoms with Crippen LogP contribution in [0.25, 0.3) is 0 Å². The maximum absolute atomic E-state index is 7.37. The van der Waals surface area contributed by atoms with Crippen molar-refractivity contribution in [2.45, 2.75) is 33.3 Å². The zero-order chi connectivity index (χ0) is 11.4. The minimum atomic E-state index is -0.314. The lowest BCUT2D eigenvalue weighted by Crippen LogP contribution is -2.32. The van der Waals surface area contributed by atoms with Crippen LogP contribution in [0.2, 0.25) is 0 Å². The second-order valence-electron chi connectivity index (χ2n) is 3.74. The normalized spacial score (nSPS) is 12.2. The van der Waals surface area contributed by atoms with Crippen LogP contribution in [0.5, 0.6) is 5.75 Å². The van der Waals surface area contributed by atoms with E-state index in [2.05, 4.69) is 6.07 Å². The van der Waals surface area contributed by atoms with E-state index in [0.29, 0.717) is 6.42 Å². The fraction of sp³-hybridized carbons (Fsp3) is 0.417. The minimum absolute atomic E-state index is 0.0810. The van der Waals surface area contributed by atoms with Gasteiger partial charge in [0.25, 0.3) is 0 Å². The molecule has 0 heterocycles. The number of hydrogen-bond donors (Lipinski definition) is 2. The van der Waals surface area contributed by atoms with E-state index in [1.165, 1.54) is 5.56 Å². The van der Waals surface area contributed by atoms with Crippen LogP contribution in [0.4, 0.5) is 0 Å². The molecular formula is C12H18N2O. The maximum Gasteiger partial charge on any atom is 0.155 e. The van der Waals surface area contributed by atoms with Gasteiger partial charge in [0.2, 0.25) is 0 Å². The largest absolute Gasteiger partial charge is 0.482 e. The predicted molar refractivity (Wildman–Crippen MR) is 62.5 cm³/mol. The van der Waals surface area contributed by atoms with Gasteiger partial charge in [-0.2, -0.15) is 0 Å². The molecule has 0 amide bonds. The van der Waals surface area contributed by atoms with E-state index >= 15 is 0 Å². The first-order chi connectivity index (χ1) is 7.04. The van der Waals surface area contributed by atoms with Gasteiger partial charge in [-0.15, -0.1) is 0 Å². The molecule has 15 heavy (non-hydrogen) atoms. The molecule has 0 radical (unpaired) electrons. The van der Waals surface area contributed by atoms with Gasteiger partial charge in [0, 0.05) is 0 Å². The third kappa shape index (κ3) is 2.98. The Bertz CT molecular complexity index is 361. The summed E-state index contributed by atoms with van der Waals surface area (Å²) in [5.41, 5.74) is 7.72. The lowest BCUT2D eigenvalue weighted by atomic mass is 10.1. The summed E-state index contributed by atoms with van der Waals surface area (Å²) in [6, 6.07) is 5.98. The number of rotatable bonds is 4. The Morgan fingerprint density at radius 2 is 2.13 bits per heavy atom. The van der Waals surface area contributed by atoms with Crippen LogP contribution in [0.15, 0.2) is 18.2 Å². The number of benzene rings is 1. The molecule has 82 valence electrons. The van der Waals surface area contributed by atoms with Gasteiger partial charge in [-0.25, -0.2) is 0 Å². The summed E-state index contributed by atoms with van der Waals surface area (Å²) in [6.07, 6.45) is 0.397. The summed E-state index contributed by atoms with van der Waals surface area (Å²) in [4.78, 5) is 0. The van der Waals surface area contributed by atoms with Gasteiger partial charge in [-0.1, -0.05) is 24.6 Å². The van der Waals surface area contributed by atoms with Crippen LogP contribution < -0.4 is 10.5 Å². The van der Waals surface area contributed by atoms with Crippen molar-refractivity contribution >= 4 is 5.84 Å². The third-order valence-corrected chi connectivity index (χ3v) is 2.32. The van der Waals surface area contributed by atoms with Crippen LogP contribution >= 0.6 is 0 Å². The number of amidine groups is 1. The van der Waals surface area contributed by atoms with Crippen LogP contribution in [0.1, 0.15) is 24.5 Å². The van der Waals surface area contributed by atoms with E-state index in [1.54, 1.807) is 0 Å². The second kappa shape index (κ2) is 4.82.